The largest absolute Gasteiger partial charge is 0.481 e. The van der Waals surface area contributed by atoms with E-state index in [4.69, 9.17) is 5.73 Å². The van der Waals surface area contributed by atoms with E-state index in [9.17, 15) is 19.5 Å². The van der Waals surface area contributed by atoms with Gasteiger partial charge in [-0.05, 0) is 31.0 Å². The van der Waals surface area contributed by atoms with Crippen LogP contribution in [-0.4, -0.2) is 29.1 Å². The van der Waals surface area contributed by atoms with Gasteiger partial charge in [0.2, 0.25) is 0 Å². The van der Waals surface area contributed by atoms with Gasteiger partial charge in [-0.2, -0.15) is 0 Å². The van der Waals surface area contributed by atoms with Gasteiger partial charge in [-0.25, -0.2) is 4.79 Å². The molecule has 0 saturated heterocycles. The molecule has 2 unspecified atom stereocenters. The number of aliphatic carboxylic acids is 1. The molecule has 1 aromatic carbocycles. The smallest absolute Gasteiger partial charge is 0.316 e. The van der Waals surface area contributed by atoms with Gasteiger partial charge in [0.15, 0.2) is 0 Å². The Morgan fingerprint density at radius 1 is 1.08 bits per heavy atom. The highest BCUT2D eigenvalue weighted by Crippen LogP contribution is 2.24. The first-order valence-corrected chi connectivity index (χ1v) is 8.17. The number of rotatable bonds is 4. The second-order valence-electron chi connectivity index (χ2n) is 6.09. The fourth-order valence-electron chi connectivity index (χ4n) is 3.08. The van der Waals surface area contributed by atoms with Crippen LogP contribution in [0.3, 0.4) is 0 Å². The summed E-state index contributed by atoms with van der Waals surface area (Å²) >= 11 is 0. The van der Waals surface area contributed by atoms with Crippen molar-refractivity contribution >= 4 is 23.6 Å². The molecule has 1 saturated carbocycles. The lowest BCUT2D eigenvalue weighted by Gasteiger charge is -2.27. The predicted molar refractivity (Wildman–Crippen MR) is 89.7 cm³/mol. The second kappa shape index (κ2) is 8.33. The quantitative estimate of drug-likeness (QED) is 0.675. The van der Waals surface area contributed by atoms with Crippen LogP contribution in [0.5, 0.6) is 0 Å². The van der Waals surface area contributed by atoms with Crippen LogP contribution in [0.1, 0.15) is 48.9 Å². The summed E-state index contributed by atoms with van der Waals surface area (Å²) in [4.78, 5) is 34.9. The van der Waals surface area contributed by atoms with Gasteiger partial charge in [-0.1, -0.05) is 31.7 Å². The number of primary amides is 1. The zero-order chi connectivity index (χ0) is 17.5. The molecule has 0 aromatic heterocycles. The molecule has 1 fully saturated rings. The van der Waals surface area contributed by atoms with Crippen molar-refractivity contribution in [2.24, 2.45) is 11.7 Å². The van der Waals surface area contributed by atoms with Crippen molar-refractivity contribution in [2.45, 2.75) is 44.6 Å². The molecule has 2 atom stereocenters. The van der Waals surface area contributed by atoms with Crippen LogP contribution in [0, 0.1) is 5.92 Å². The molecule has 7 heteroatoms. The number of amides is 3. The van der Waals surface area contributed by atoms with Gasteiger partial charge >= 0.3 is 12.0 Å². The summed E-state index contributed by atoms with van der Waals surface area (Å²) in [5.74, 6) is -1.78. The Morgan fingerprint density at radius 2 is 1.79 bits per heavy atom. The highest BCUT2D eigenvalue weighted by Gasteiger charge is 2.30. The van der Waals surface area contributed by atoms with Gasteiger partial charge in [0.25, 0.3) is 5.91 Å². The minimum Gasteiger partial charge on any atom is -0.481 e. The van der Waals surface area contributed by atoms with Gasteiger partial charge in [0, 0.05) is 17.3 Å². The topological polar surface area (TPSA) is 122 Å². The van der Waals surface area contributed by atoms with Crippen LogP contribution < -0.4 is 16.4 Å². The molecule has 7 nitrogen and oxygen atoms in total. The van der Waals surface area contributed by atoms with E-state index in [1.807, 2.05) is 0 Å². The molecule has 5 N–H and O–H groups in total. The second-order valence-corrected chi connectivity index (χ2v) is 6.09. The third-order valence-electron chi connectivity index (χ3n) is 4.29. The third kappa shape index (κ3) is 4.97. The minimum atomic E-state index is -0.869. The van der Waals surface area contributed by atoms with E-state index in [1.54, 1.807) is 18.2 Å². The Bertz CT molecular complexity index is 618. The normalized spacial score (nSPS) is 21.2. The zero-order valence-corrected chi connectivity index (χ0v) is 13.5. The average Bonchev–Trinajstić information content (AvgIpc) is 2.49. The lowest BCUT2D eigenvalue weighted by Crippen LogP contribution is -2.43. The Labute approximate surface area is 140 Å². The highest BCUT2D eigenvalue weighted by molar-refractivity contribution is 5.97. The lowest BCUT2D eigenvalue weighted by atomic mass is 9.86. The van der Waals surface area contributed by atoms with Gasteiger partial charge in [-0.3, -0.25) is 9.59 Å². The molecular formula is C17H23N3O4. The van der Waals surface area contributed by atoms with Crippen LogP contribution in [0.25, 0.3) is 0 Å². The van der Waals surface area contributed by atoms with E-state index < -0.39 is 17.9 Å². The maximum atomic E-state index is 12.5. The first-order valence-electron chi connectivity index (χ1n) is 8.17. The number of urea groups is 1. The van der Waals surface area contributed by atoms with Crippen molar-refractivity contribution in [3.05, 3.63) is 29.8 Å². The van der Waals surface area contributed by atoms with Crippen LogP contribution in [0.2, 0.25) is 0 Å². The lowest BCUT2D eigenvalue weighted by molar-refractivity contribution is -0.143. The number of carbonyl (C=O) groups is 3. The SMILES string of the molecule is NC(=O)Nc1cccc(C(=O)NC2CCCCCCC2C(=O)O)c1. The Hall–Kier alpha value is -2.57. The number of carboxylic acid groups (broad SMARTS) is 1. The van der Waals surface area contributed by atoms with E-state index in [1.165, 1.54) is 6.07 Å². The average molecular weight is 333 g/mol. The number of benzene rings is 1. The van der Waals surface area contributed by atoms with E-state index in [-0.39, 0.29) is 11.9 Å². The molecule has 0 spiro atoms. The maximum Gasteiger partial charge on any atom is 0.316 e. The molecule has 1 aliphatic carbocycles. The molecule has 0 bridgehead atoms. The van der Waals surface area contributed by atoms with Crippen molar-refractivity contribution in [3.63, 3.8) is 0 Å². The van der Waals surface area contributed by atoms with Gasteiger partial charge in [0.1, 0.15) is 0 Å². The summed E-state index contributed by atoms with van der Waals surface area (Å²) in [5.41, 5.74) is 5.84. The first kappa shape index (κ1) is 17.8. The number of carboxylic acids is 1. The Balaban J connectivity index is 2.10. The van der Waals surface area contributed by atoms with Crippen molar-refractivity contribution < 1.29 is 19.5 Å². The number of carbonyl (C=O) groups excluding carboxylic acids is 2. The molecule has 0 radical (unpaired) electrons. The molecular weight excluding hydrogens is 310 g/mol. The molecule has 24 heavy (non-hydrogen) atoms. The van der Waals surface area contributed by atoms with Crippen LogP contribution in [0.15, 0.2) is 24.3 Å². The Morgan fingerprint density at radius 3 is 2.46 bits per heavy atom. The molecule has 1 aromatic rings. The molecule has 0 heterocycles. The zero-order valence-electron chi connectivity index (χ0n) is 13.5. The van der Waals surface area contributed by atoms with Crippen molar-refractivity contribution in [1.29, 1.82) is 0 Å². The fraction of sp³-hybridized carbons (Fsp3) is 0.471. The fourth-order valence-corrected chi connectivity index (χ4v) is 3.08. The molecule has 0 aliphatic heterocycles. The maximum absolute atomic E-state index is 12.5. The van der Waals surface area contributed by atoms with E-state index in [0.29, 0.717) is 24.1 Å². The molecule has 2 rings (SSSR count). The van der Waals surface area contributed by atoms with Crippen LogP contribution in [0.4, 0.5) is 10.5 Å². The minimum absolute atomic E-state index is 0.347. The van der Waals surface area contributed by atoms with Gasteiger partial charge in [-0.15, -0.1) is 0 Å². The first-order chi connectivity index (χ1) is 11.5. The highest BCUT2D eigenvalue weighted by atomic mass is 16.4. The number of nitrogens with one attached hydrogen (secondary N) is 2. The summed E-state index contributed by atoms with van der Waals surface area (Å²) in [7, 11) is 0. The van der Waals surface area contributed by atoms with E-state index >= 15 is 0 Å². The molecule has 1 aliphatic rings. The molecule has 3 amide bonds. The van der Waals surface area contributed by atoms with E-state index in [2.05, 4.69) is 10.6 Å². The number of anilines is 1. The standard InChI is InChI=1S/C17H23N3O4/c18-17(24)19-12-7-5-6-11(10-12)15(21)20-14-9-4-2-1-3-8-13(14)16(22)23/h5-7,10,13-14H,1-4,8-9H2,(H,20,21)(H,22,23)(H3,18,19,24). The van der Waals surface area contributed by atoms with Crippen molar-refractivity contribution in [3.8, 4) is 0 Å². The monoisotopic (exact) mass is 333 g/mol. The predicted octanol–water partition coefficient (Wildman–Crippen LogP) is 2.33. The van der Waals surface area contributed by atoms with Crippen molar-refractivity contribution in [2.75, 3.05) is 5.32 Å². The van der Waals surface area contributed by atoms with Crippen LogP contribution >= 0.6 is 0 Å². The number of hydrogen-bond donors (Lipinski definition) is 4. The number of nitrogens with two attached hydrogens (primary N) is 1. The van der Waals surface area contributed by atoms with Gasteiger partial charge in [0.05, 0.1) is 5.92 Å². The summed E-state index contributed by atoms with van der Waals surface area (Å²) in [6, 6.07) is 5.28. The summed E-state index contributed by atoms with van der Waals surface area (Å²) in [6.07, 6.45) is 5.08. The number of hydrogen-bond acceptors (Lipinski definition) is 3. The van der Waals surface area contributed by atoms with Crippen molar-refractivity contribution in [1.82, 2.24) is 5.32 Å². The Kier molecular flexibility index (Phi) is 6.17. The van der Waals surface area contributed by atoms with Gasteiger partial charge < -0.3 is 21.5 Å². The van der Waals surface area contributed by atoms with Crippen LogP contribution in [-0.2, 0) is 4.79 Å². The third-order valence-corrected chi connectivity index (χ3v) is 4.29. The van der Waals surface area contributed by atoms with E-state index in [0.717, 1.165) is 25.7 Å². The summed E-state index contributed by atoms with van der Waals surface area (Å²) < 4.78 is 0. The molecule has 130 valence electrons. The summed E-state index contributed by atoms with van der Waals surface area (Å²) in [6.45, 7) is 0. The summed E-state index contributed by atoms with van der Waals surface area (Å²) in [5, 5.41) is 14.7.